The van der Waals surface area contributed by atoms with E-state index in [1.165, 1.54) is 12.1 Å². The molecule has 0 N–H and O–H groups in total. The smallest absolute Gasteiger partial charge is 0.141 e. The minimum absolute atomic E-state index is 0.242. The topological polar surface area (TPSA) is 17.8 Å². The van der Waals surface area contributed by atoms with Gasteiger partial charge in [-0.25, -0.2) is 9.37 Å². The molecule has 1 aromatic heterocycles. The molecule has 3 rings (SSSR count). The van der Waals surface area contributed by atoms with Crippen LogP contribution in [0.3, 0.4) is 0 Å². The van der Waals surface area contributed by atoms with Crippen LogP contribution in [0.4, 0.5) is 4.39 Å². The first-order valence-electron chi connectivity index (χ1n) is 6.54. The number of aromatic nitrogens is 2. The number of hydrogen-bond acceptors (Lipinski definition) is 1. The minimum atomic E-state index is -0.242. The van der Waals surface area contributed by atoms with Crippen molar-refractivity contribution in [3.8, 4) is 11.4 Å². The second-order valence-corrected chi connectivity index (χ2v) is 4.91. The first kappa shape index (κ1) is 13.1. The van der Waals surface area contributed by atoms with E-state index in [9.17, 15) is 4.39 Å². The van der Waals surface area contributed by atoms with Crippen molar-refractivity contribution < 1.29 is 4.39 Å². The van der Waals surface area contributed by atoms with Crippen LogP contribution in [0.5, 0.6) is 0 Å². The maximum Gasteiger partial charge on any atom is 0.141 e. The third kappa shape index (κ3) is 2.18. The second kappa shape index (κ2) is 5.25. The van der Waals surface area contributed by atoms with Gasteiger partial charge in [-0.05, 0) is 36.8 Å². The van der Waals surface area contributed by atoms with Gasteiger partial charge in [-0.3, -0.25) is 0 Å². The zero-order chi connectivity index (χ0) is 14.1. The summed E-state index contributed by atoms with van der Waals surface area (Å²) in [5, 5.41) is 0. The van der Waals surface area contributed by atoms with Crippen LogP contribution in [0.1, 0.15) is 12.5 Å². The Bertz CT molecular complexity index is 764. The lowest BCUT2D eigenvalue weighted by atomic mass is 10.1. The van der Waals surface area contributed by atoms with Gasteiger partial charge in [0.2, 0.25) is 0 Å². The van der Waals surface area contributed by atoms with E-state index in [4.69, 9.17) is 11.6 Å². The molecule has 0 aliphatic heterocycles. The number of rotatable bonds is 3. The van der Waals surface area contributed by atoms with Gasteiger partial charge in [0, 0.05) is 18.0 Å². The molecule has 1 heterocycles. The summed E-state index contributed by atoms with van der Waals surface area (Å²) in [5.74, 6) is 1.07. The maximum absolute atomic E-state index is 13.4. The molecule has 0 aliphatic rings. The van der Waals surface area contributed by atoms with Gasteiger partial charge in [0.1, 0.15) is 11.6 Å². The third-order valence-electron chi connectivity index (χ3n) is 3.37. The second-order valence-electron chi connectivity index (χ2n) is 4.65. The van der Waals surface area contributed by atoms with E-state index in [0.29, 0.717) is 5.88 Å². The van der Waals surface area contributed by atoms with Crippen molar-refractivity contribution in [2.24, 2.45) is 0 Å². The Hall–Kier alpha value is -1.87. The van der Waals surface area contributed by atoms with Crippen molar-refractivity contribution in [2.75, 3.05) is 0 Å². The number of benzene rings is 2. The third-order valence-corrected chi connectivity index (χ3v) is 3.67. The molecule has 102 valence electrons. The summed E-state index contributed by atoms with van der Waals surface area (Å²) in [6.45, 7) is 2.77. The van der Waals surface area contributed by atoms with Crippen LogP contribution in [0, 0.1) is 5.82 Å². The molecular formula is C16H14ClFN2. The molecule has 0 saturated heterocycles. The van der Waals surface area contributed by atoms with Crippen molar-refractivity contribution in [1.29, 1.82) is 0 Å². The Morgan fingerprint density at radius 2 is 2.05 bits per heavy atom. The van der Waals surface area contributed by atoms with Crippen LogP contribution in [-0.2, 0) is 12.4 Å². The molecule has 0 fully saturated rings. The average Bonchev–Trinajstić information content (AvgIpc) is 2.85. The summed E-state index contributed by atoms with van der Waals surface area (Å²) < 4.78 is 15.4. The molecule has 4 heteroatoms. The molecule has 20 heavy (non-hydrogen) atoms. The number of halogens is 2. The Morgan fingerprint density at radius 3 is 2.80 bits per heavy atom. The van der Waals surface area contributed by atoms with Gasteiger partial charge in [0.15, 0.2) is 0 Å². The van der Waals surface area contributed by atoms with Gasteiger partial charge in [0.25, 0.3) is 0 Å². The monoisotopic (exact) mass is 288 g/mol. The Kier molecular flexibility index (Phi) is 3.45. The highest BCUT2D eigenvalue weighted by Gasteiger charge is 2.12. The Balaban J connectivity index is 2.24. The number of hydrogen-bond donors (Lipinski definition) is 0. The quantitative estimate of drug-likeness (QED) is 0.644. The summed E-state index contributed by atoms with van der Waals surface area (Å²) in [6.07, 6.45) is 0. The van der Waals surface area contributed by atoms with E-state index >= 15 is 0 Å². The number of fused-ring (bicyclic) bond motifs is 1. The van der Waals surface area contributed by atoms with Gasteiger partial charge >= 0.3 is 0 Å². The number of alkyl halides is 1. The van der Waals surface area contributed by atoms with E-state index in [1.807, 2.05) is 35.8 Å². The van der Waals surface area contributed by atoms with E-state index < -0.39 is 0 Å². The lowest BCUT2D eigenvalue weighted by molar-refractivity contribution is 0.628. The molecule has 0 spiro atoms. The normalized spacial score (nSPS) is 11.2. The molecule has 0 radical (unpaired) electrons. The molecule has 2 aromatic carbocycles. The highest BCUT2D eigenvalue weighted by atomic mass is 35.5. The number of aryl methyl sites for hydroxylation is 1. The Morgan fingerprint density at radius 1 is 1.20 bits per heavy atom. The standard InChI is InChI=1S/C16H14ClFN2/c1-2-20-15-9-13(18)6-7-14(15)19-16(20)12-5-3-4-11(8-12)10-17/h3-9H,2,10H2,1H3. The fraction of sp³-hybridized carbons (Fsp3) is 0.188. The molecule has 0 bridgehead atoms. The van der Waals surface area contributed by atoms with E-state index in [0.717, 1.165) is 34.5 Å². The number of imidazole rings is 1. The largest absolute Gasteiger partial charge is 0.324 e. The zero-order valence-electron chi connectivity index (χ0n) is 11.1. The first-order chi connectivity index (χ1) is 9.72. The molecule has 0 amide bonds. The van der Waals surface area contributed by atoms with Crippen LogP contribution in [0.25, 0.3) is 22.4 Å². The van der Waals surface area contributed by atoms with Gasteiger partial charge < -0.3 is 4.57 Å². The minimum Gasteiger partial charge on any atom is -0.324 e. The molecule has 0 saturated carbocycles. The van der Waals surface area contributed by atoms with Crippen molar-refractivity contribution >= 4 is 22.6 Å². The van der Waals surface area contributed by atoms with Crippen LogP contribution in [0.15, 0.2) is 42.5 Å². The molecular weight excluding hydrogens is 275 g/mol. The van der Waals surface area contributed by atoms with Crippen molar-refractivity contribution in [1.82, 2.24) is 9.55 Å². The summed E-state index contributed by atoms with van der Waals surface area (Å²) in [6, 6.07) is 12.7. The summed E-state index contributed by atoms with van der Waals surface area (Å²) in [7, 11) is 0. The van der Waals surface area contributed by atoms with E-state index in [2.05, 4.69) is 4.98 Å². The molecule has 2 nitrogen and oxygen atoms in total. The zero-order valence-corrected chi connectivity index (χ0v) is 11.9. The van der Waals surface area contributed by atoms with Gasteiger partial charge in [-0.1, -0.05) is 18.2 Å². The summed E-state index contributed by atoms with van der Waals surface area (Å²) in [5.41, 5.74) is 3.67. The van der Waals surface area contributed by atoms with Crippen LogP contribution in [0.2, 0.25) is 0 Å². The fourth-order valence-electron chi connectivity index (χ4n) is 2.43. The summed E-state index contributed by atoms with van der Waals surface area (Å²) in [4.78, 5) is 4.62. The molecule has 0 unspecified atom stereocenters. The molecule has 0 aliphatic carbocycles. The molecule has 3 aromatic rings. The van der Waals surface area contributed by atoms with Crippen LogP contribution >= 0.6 is 11.6 Å². The lowest BCUT2D eigenvalue weighted by Crippen LogP contribution is -1.98. The highest BCUT2D eigenvalue weighted by molar-refractivity contribution is 6.17. The average molecular weight is 289 g/mol. The highest BCUT2D eigenvalue weighted by Crippen LogP contribution is 2.26. The predicted octanol–water partition coefficient (Wildman–Crippen LogP) is 4.60. The fourth-order valence-corrected chi connectivity index (χ4v) is 2.60. The lowest BCUT2D eigenvalue weighted by Gasteiger charge is -2.07. The van der Waals surface area contributed by atoms with Gasteiger partial charge in [-0.2, -0.15) is 0 Å². The van der Waals surface area contributed by atoms with Gasteiger partial charge in [-0.15, -0.1) is 11.6 Å². The van der Waals surface area contributed by atoms with Crippen LogP contribution in [-0.4, -0.2) is 9.55 Å². The van der Waals surface area contributed by atoms with Gasteiger partial charge in [0.05, 0.1) is 11.0 Å². The predicted molar refractivity (Wildman–Crippen MR) is 80.4 cm³/mol. The van der Waals surface area contributed by atoms with Crippen molar-refractivity contribution in [3.63, 3.8) is 0 Å². The number of nitrogens with zero attached hydrogens (tertiary/aromatic N) is 2. The summed E-state index contributed by atoms with van der Waals surface area (Å²) >= 11 is 5.88. The van der Waals surface area contributed by atoms with E-state index in [1.54, 1.807) is 6.07 Å². The first-order valence-corrected chi connectivity index (χ1v) is 7.07. The van der Waals surface area contributed by atoms with Crippen molar-refractivity contribution in [2.45, 2.75) is 19.3 Å². The SMILES string of the molecule is CCn1c(-c2cccc(CCl)c2)nc2ccc(F)cc21. The maximum atomic E-state index is 13.4. The van der Waals surface area contributed by atoms with E-state index in [-0.39, 0.29) is 5.82 Å². The Labute approximate surface area is 121 Å². The molecule has 0 atom stereocenters. The van der Waals surface area contributed by atoms with Crippen LogP contribution < -0.4 is 0 Å². The van der Waals surface area contributed by atoms with Crippen molar-refractivity contribution in [3.05, 3.63) is 53.8 Å².